The van der Waals surface area contributed by atoms with E-state index in [2.05, 4.69) is 161 Å². The van der Waals surface area contributed by atoms with E-state index in [1.165, 1.54) is 0 Å². The van der Waals surface area contributed by atoms with Gasteiger partial charge in [0, 0.05) is 49.8 Å². The van der Waals surface area contributed by atoms with Crippen LogP contribution >= 0.6 is 0 Å². The molecule has 10 rings (SSSR count). The van der Waals surface area contributed by atoms with E-state index >= 15 is 0 Å². The molecule has 6 nitrogen and oxygen atoms in total. The quantitative estimate of drug-likeness (QED) is 0.107. The molecular formula is C52H37N4O2Pt-3. The van der Waals surface area contributed by atoms with Crippen LogP contribution in [0.25, 0.3) is 38.8 Å². The minimum atomic E-state index is 0. The van der Waals surface area contributed by atoms with Crippen molar-refractivity contribution in [1.29, 1.82) is 0 Å². The number of pyridine rings is 1. The number of para-hydroxylation sites is 4. The molecule has 0 bridgehead atoms. The van der Waals surface area contributed by atoms with Crippen LogP contribution in [0.15, 0.2) is 182 Å². The zero-order valence-corrected chi connectivity index (χ0v) is 34.6. The number of hydrogen-bond donors (Lipinski definition) is 0. The van der Waals surface area contributed by atoms with E-state index in [1.807, 2.05) is 54.7 Å². The average molecular weight is 945 g/mol. The predicted octanol–water partition coefficient (Wildman–Crippen LogP) is 12.2. The molecule has 7 heteroatoms. The first-order valence-electron chi connectivity index (χ1n) is 19.2. The van der Waals surface area contributed by atoms with Gasteiger partial charge in [0.1, 0.15) is 17.3 Å². The van der Waals surface area contributed by atoms with Crippen molar-refractivity contribution in [1.82, 2.24) is 9.55 Å². The number of aromatic nitrogens is 2. The molecule has 290 valence electrons. The summed E-state index contributed by atoms with van der Waals surface area (Å²) in [4.78, 5) is 9.25. The van der Waals surface area contributed by atoms with E-state index in [-0.39, 0.29) is 21.1 Å². The fraction of sp³-hybridized carbons (Fsp3) is 0.0385. The first-order valence-corrected chi connectivity index (χ1v) is 19.2. The number of methoxy groups -OCH3 is 2. The minimum absolute atomic E-state index is 0. The van der Waals surface area contributed by atoms with Gasteiger partial charge in [-0.25, -0.2) is 4.98 Å². The van der Waals surface area contributed by atoms with Gasteiger partial charge in [-0.3, -0.25) is 0 Å². The first-order chi connectivity index (χ1) is 28.7. The summed E-state index contributed by atoms with van der Waals surface area (Å²) < 4.78 is 13.5. The summed E-state index contributed by atoms with van der Waals surface area (Å²) >= 11 is 0. The van der Waals surface area contributed by atoms with Crippen molar-refractivity contribution in [2.45, 2.75) is 0 Å². The monoisotopic (exact) mass is 944 g/mol. The SMILES string of the molecule is COc1ccc(C(=C(c2[c-]c(N3[CH-]N(c4ccccc4)c4ccccc43)ccc2)c2[c-]c3c(cc2)c2ccccc2n3-c2ccccn2)c2ccc(OC)cc2)cc1.[Pt]. The number of fused-ring (bicyclic) bond motifs is 4. The summed E-state index contributed by atoms with van der Waals surface area (Å²) in [5.41, 5.74) is 12.0. The van der Waals surface area contributed by atoms with Crippen molar-refractivity contribution in [2.75, 3.05) is 24.0 Å². The molecule has 9 aromatic rings. The van der Waals surface area contributed by atoms with Gasteiger partial charge in [-0.05, 0) is 94.3 Å². The summed E-state index contributed by atoms with van der Waals surface area (Å²) in [5, 5.41) is 2.24. The van der Waals surface area contributed by atoms with Gasteiger partial charge >= 0.3 is 0 Å². The summed E-state index contributed by atoms with van der Waals surface area (Å²) in [7, 11) is 3.39. The molecule has 0 radical (unpaired) electrons. The maximum absolute atomic E-state index is 5.62. The zero-order valence-electron chi connectivity index (χ0n) is 32.3. The second-order valence-electron chi connectivity index (χ2n) is 14.0. The van der Waals surface area contributed by atoms with Gasteiger partial charge in [0.25, 0.3) is 0 Å². The smallest absolute Gasteiger partial charge is 0.136 e. The van der Waals surface area contributed by atoms with Crippen LogP contribution in [0.3, 0.4) is 0 Å². The maximum Gasteiger partial charge on any atom is 0.136 e. The van der Waals surface area contributed by atoms with E-state index in [0.29, 0.717) is 0 Å². The largest absolute Gasteiger partial charge is 0.497 e. The molecule has 2 aromatic heterocycles. The molecule has 59 heavy (non-hydrogen) atoms. The van der Waals surface area contributed by atoms with Gasteiger partial charge in [-0.15, -0.1) is 65.8 Å². The summed E-state index contributed by atoms with van der Waals surface area (Å²) in [6.45, 7) is 2.15. The van der Waals surface area contributed by atoms with Crippen LogP contribution in [0.5, 0.6) is 11.5 Å². The molecule has 0 saturated heterocycles. The molecule has 1 aliphatic heterocycles. The topological polar surface area (TPSA) is 42.8 Å². The third-order valence-corrected chi connectivity index (χ3v) is 10.7. The summed E-state index contributed by atoms with van der Waals surface area (Å²) in [6.07, 6.45) is 1.84. The molecule has 0 fully saturated rings. The van der Waals surface area contributed by atoms with Crippen molar-refractivity contribution >= 4 is 55.7 Å². The van der Waals surface area contributed by atoms with Crippen molar-refractivity contribution in [3.05, 3.63) is 223 Å². The average Bonchev–Trinajstić information content (AvgIpc) is 3.85. The van der Waals surface area contributed by atoms with E-state index in [0.717, 1.165) is 95.3 Å². The van der Waals surface area contributed by atoms with E-state index in [9.17, 15) is 0 Å². The number of nitrogens with zero attached hydrogens (tertiary/aromatic N) is 4. The van der Waals surface area contributed by atoms with Crippen molar-refractivity contribution in [3.63, 3.8) is 0 Å². The normalized spacial score (nSPS) is 12.0. The minimum Gasteiger partial charge on any atom is -0.497 e. The second kappa shape index (κ2) is 16.2. The molecule has 0 spiro atoms. The molecule has 0 amide bonds. The molecule has 0 saturated carbocycles. The van der Waals surface area contributed by atoms with E-state index in [1.54, 1.807) is 14.2 Å². The third-order valence-electron chi connectivity index (χ3n) is 10.7. The molecule has 0 atom stereocenters. The van der Waals surface area contributed by atoms with Gasteiger partial charge in [0.2, 0.25) is 0 Å². The fourth-order valence-electron chi connectivity index (χ4n) is 7.99. The Balaban J connectivity index is 0.00000449. The maximum atomic E-state index is 5.62. The van der Waals surface area contributed by atoms with E-state index in [4.69, 9.17) is 14.5 Å². The number of rotatable bonds is 9. The number of benzene rings is 7. The van der Waals surface area contributed by atoms with Crippen LogP contribution in [-0.4, -0.2) is 23.8 Å². The fourth-order valence-corrected chi connectivity index (χ4v) is 7.99. The van der Waals surface area contributed by atoms with Crippen LogP contribution < -0.4 is 19.3 Å². The molecule has 7 aromatic carbocycles. The van der Waals surface area contributed by atoms with E-state index < -0.39 is 0 Å². The van der Waals surface area contributed by atoms with Gasteiger partial charge in [0.15, 0.2) is 0 Å². The van der Waals surface area contributed by atoms with Crippen molar-refractivity contribution in [2.24, 2.45) is 0 Å². The first kappa shape index (κ1) is 37.7. The Hall–Kier alpha value is -6.88. The van der Waals surface area contributed by atoms with Crippen LogP contribution in [0.1, 0.15) is 22.3 Å². The van der Waals surface area contributed by atoms with Gasteiger partial charge in [-0.1, -0.05) is 89.9 Å². The van der Waals surface area contributed by atoms with Crippen LogP contribution in [-0.2, 0) is 21.1 Å². The standard InChI is InChI=1S/C52H37N4O2.Pt/c1-57-42-27-22-36(23-28-42)51(37-24-29-43(58-2)30-25-37)52(39-26-31-45-44-17-6-7-18-46(44)56(49(45)34-39)50-21-10-11-32-53-50)38-13-12-16-41(33-38)55-35-54(40-14-4-3-5-15-40)47-19-8-9-20-48(47)55;/h3-32,35H,1-2H3;/q-3;. The van der Waals surface area contributed by atoms with Crippen LogP contribution in [0.2, 0.25) is 0 Å². The molecule has 0 aliphatic carbocycles. The van der Waals surface area contributed by atoms with Crippen LogP contribution in [0, 0.1) is 18.8 Å². The van der Waals surface area contributed by atoms with Gasteiger partial charge in [0.05, 0.1) is 14.2 Å². The predicted molar refractivity (Wildman–Crippen MR) is 235 cm³/mol. The van der Waals surface area contributed by atoms with Crippen LogP contribution in [0.4, 0.5) is 22.7 Å². The number of anilines is 4. The number of ether oxygens (including phenoxy) is 2. The van der Waals surface area contributed by atoms with Crippen molar-refractivity contribution in [3.8, 4) is 17.3 Å². The second-order valence-corrected chi connectivity index (χ2v) is 14.0. The number of hydrogen-bond acceptors (Lipinski definition) is 5. The Labute approximate surface area is 358 Å². The van der Waals surface area contributed by atoms with Crippen molar-refractivity contribution < 1.29 is 30.5 Å². The molecule has 0 unspecified atom stereocenters. The summed E-state index contributed by atoms with van der Waals surface area (Å²) in [6, 6.07) is 68.6. The van der Waals surface area contributed by atoms with Gasteiger partial charge < -0.3 is 23.8 Å². The Morgan fingerprint density at radius 1 is 0.525 bits per heavy atom. The third kappa shape index (κ3) is 6.86. The Morgan fingerprint density at radius 2 is 1.15 bits per heavy atom. The molecular weight excluding hydrogens is 908 g/mol. The molecule has 1 aliphatic rings. The molecule has 0 N–H and O–H groups in total. The Morgan fingerprint density at radius 3 is 1.83 bits per heavy atom. The Bertz CT molecular complexity index is 2900. The van der Waals surface area contributed by atoms with Gasteiger partial charge in [-0.2, -0.15) is 0 Å². The molecule has 3 heterocycles. The Kier molecular flexibility index (Phi) is 10.3. The summed E-state index contributed by atoms with van der Waals surface area (Å²) in [5.74, 6) is 2.40. The zero-order chi connectivity index (χ0) is 39.0.